The first-order valence-corrected chi connectivity index (χ1v) is 7.48. The molecule has 21 heavy (non-hydrogen) atoms. The Bertz CT molecular complexity index is 634. The summed E-state index contributed by atoms with van der Waals surface area (Å²) >= 11 is 4.56. The minimum Gasteiger partial charge on any atom is -0.493 e. The van der Waals surface area contributed by atoms with Crippen molar-refractivity contribution in [3.63, 3.8) is 0 Å². The molecule has 0 fully saturated rings. The van der Waals surface area contributed by atoms with Gasteiger partial charge in [-0.25, -0.2) is 4.98 Å². The van der Waals surface area contributed by atoms with Gasteiger partial charge in [0.1, 0.15) is 5.69 Å². The highest BCUT2D eigenvalue weighted by Crippen LogP contribution is 2.40. The minimum absolute atomic E-state index is 0.314. The summed E-state index contributed by atoms with van der Waals surface area (Å²) in [5.41, 5.74) is 0.860. The molecule has 112 valence electrons. The molecule has 1 aromatic carbocycles. The summed E-state index contributed by atoms with van der Waals surface area (Å²) < 4.78 is 16.3. The first kappa shape index (κ1) is 15.6. The highest BCUT2D eigenvalue weighted by atomic mass is 79.9. The van der Waals surface area contributed by atoms with Crippen molar-refractivity contribution in [1.82, 2.24) is 4.98 Å². The number of halogens is 1. The zero-order valence-electron chi connectivity index (χ0n) is 11.6. The van der Waals surface area contributed by atoms with E-state index in [0.29, 0.717) is 32.5 Å². The highest BCUT2D eigenvalue weighted by Gasteiger charge is 2.16. The van der Waals surface area contributed by atoms with Crippen molar-refractivity contribution in [3.8, 4) is 17.2 Å². The molecule has 1 aromatic heterocycles. The molecule has 6 nitrogen and oxygen atoms in total. The highest BCUT2D eigenvalue weighted by molar-refractivity contribution is 9.11. The van der Waals surface area contributed by atoms with Gasteiger partial charge in [0, 0.05) is 23.2 Å². The standard InChI is InChI=1S/C13H13BrN2O4S/c1-18-9-4-7(5-10(19-2)11(9)20-3)15-12(17)8-6-21-13(14)16-8/h4-6H,1-3H3,(H,15,17). The molecular formula is C13H13BrN2O4S. The SMILES string of the molecule is COc1cc(NC(=O)c2csc(Br)n2)cc(OC)c1OC. The van der Waals surface area contributed by atoms with Gasteiger partial charge < -0.3 is 19.5 Å². The third-order valence-corrected chi connectivity index (χ3v) is 4.00. The summed E-state index contributed by atoms with van der Waals surface area (Å²) in [5.74, 6) is 1.08. The van der Waals surface area contributed by atoms with Gasteiger partial charge in [0.15, 0.2) is 15.4 Å². The summed E-state index contributed by atoms with van der Waals surface area (Å²) in [4.78, 5) is 16.1. The molecule has 0 atom stereocenters. The molecule has 8 heteroatoms. The number of carbonyl (C=O) groups excluding carboxylic acids is 1. The van der Waals surface area contributed by atoms with E-state index in [0.717, 1.165) is 0 Å². The van der Waals surface area contributed by atoms with E-state index < -0.39 is 0 Å². The maximum atomic E-state index is 12.1. The lowest BCUT2D eigenvalue weighted by Crippen LogP contribution is -2.12. The Morgan fingerprint density at radius 2 is 1.81 bits per heavy atom. The number of aromatic nitrogens is 1. The summed E-state index contributed by atoms with van der Waals surface area (Å²) in [6, 6.07) is 3.31. The molecule has 1 N–H and O–H groups in total. The lowest BCUT2D eigenvalue weighted by atomic mass is 10.2. The van der Waals surface area contributed by atoms with Gasteiger partial charge in [-0.15, -0.1) is 11.3 Å². The van der Waals surface area contributed by atoms with Crippen LogP contribution in [0.2, 0.25) is 0 Å². The molecule has 0 unspecified atom stereocenters. The van der Waals surface area contributed by atoms with E-state index in [2.05, 4.69) is 26.2 Å². The van der Waals surface area contributed by atoms with Crippen LogP contribution in [0.4, 0.5) is 5.69 Å². The number of thiazole rings is 1. The van der Waals surface area contributed by atoms with Gasteiger partial charge >= 0.3 is 0 Å². The molecule has 0 spiro atoms. The Hall–Kier alpha value is -1.80. The molecular weight excluding hydrogens is 360 g/mol. The normalized spacial score (nSPS) is 10.1. The van der Waals surface area contributed by atoms with Crippen molar-refractivity contribution in [2.24, 2.45) is 0 Å². The lowest BCUT2D eigenvalue weighted by molar-refractivity contribution is 0.102. The number of rotatable bonds is 5. The summed E-state index contributed by atoms with van der Waals surface area (Å²) in [7, 11) is 4.55. The predicted molar refractivity (Wildman–Crippen MR) is 83.9 cm³/mol. The van der Waals surface area contributed by atoms with Crippen LogP contribution in [0.15, 0.2) is 21.4 Å². The monoisotopic (exact) mass is 372 g/mol. The zero-order valence-corrected chi connectivity index (χ0v) is 14.0. The number of hydrogen-bond acceptors (Lipinski definition) is 6. The number of nitrogens with zero attached hydrogens (tertiary/aromatic N) is 1. The van der Waals surface area contributed by atoms with Crippen molar-refractivity contribution in [1.29, 1.82) is 0 Å². The Morgan fingerprint density at radius 3 is 2.24 bits per heavy atom. The van der Waals surface area contributed by atoms with Gasteiger partial charge in [-0.1, -0.05) is 0 Å². The molecule has 0 bridgehead atoms. The molecule has 0 saturated carbocycles. The second-order valence-corrected chi connectivity index (χ2v) is 5.99. The predicted octanol–water partition coefficient (Wildman–Crippen LogP) is 3.18. The van der Waals surface area contributed by atoms with Crippen molar-refractivity contribution in [2.75, 3.05) is 26.6 Å². The Labute approximate surface area is 134 Å². The minimum atomic E-state index is -0.314. The van der Waals surface area contributed by atoms with Gasteiger partial charge in [0.2, 0.25) is 5.75 Å². The number of amides is 1. The number of benzene rings is 1. The number of carbonyl (C=O) groups is 1. The average molecular weight is 373 g/mol. The molecule has 2 aromatic rings. The molecule has 0 saturated heterocycles. The largest absolute Gasteiger partial charge is 0.493 e. The van der Waals surface area contributed by atoms with Crippen LogP contribution in [0, 0.1) is 0 Å². The maximum absolute atomic E-state index is 12.1. The topological polar surface area (TPSA) is 69.7 Å². The Balaban J connectivity index is 2.29. The summed E-state index contributed by atoms with van der Waals surface area (Å²) in [6.45, 7) is 0. The average Bonchev–Trinajstić information content (AvgIpc) is 2.92. The second-order valence-electron chi connectivity index (χ2n) is 3.85. The van der Waals surface area contributed by atoms with Crippen LogP contribution in [-0.2, 0) is 0 Å². The molecule has 1 amide bonds. The molecule has 0 aliphatic rings. The van der Waals surface area contributed by atoms with E-state index in [1.54, 1.807) is 17.5 Å². The van der Waals surface area contributed by atoms with Crippen LogP contribution in [-0.4, -0.2) is 32.2 Å². The van der Waals surface area contributed by atoms with Gasteiger partial charge in [-0.2, -0.15) is 0 Å². The molecule has 2 rings (SSSR count). The van der Waals surface area contributed by atoms with E-state index in [4.69, 9.17) is 14.2 Å². The van der Waals surface area contributed by atoms with Crippen LogP contribution in [0.25, 0.3) is 0 Å². The van der Waals surface area contributed by atoms with Crippen LogP contribution < -0.4 is 19.5 Å². The quantitative estimate of drug-likeness (QED) is 0.872. The number of hydrogen-bond donors (Lipinski definition) is 1. The Morgan fingerprint density at radius 1 is 1.19 bits per heavy atom. The van der Waals surface area contributed by atoms with Gasteiger partial charge in [0.25, 0.3) is 5.91 Å². The maximum Gasteiger partial charge on any atom is 0.275 e. The number of nitrogens with one attached hydrogen (secondary N) is 1. The van der Waals surface area contributed by atoms with E-state index in [1.165, 1.54) is 32.7 Å². The second kappa shape index (κ2) is 6.77. The van der Waals surface area contributed by atoms with E-state index >= 15 is 0 Å². The van der Waals surface area contributed by atoms with Crippen LogP contribution in [0.1, 0.15) is 10.5 Å². The molecule has 0 aliphatic carbocycles. The van der Waals surface area contributed by atoms with Gasteiger partial charge in [-0.05, 0) is 15.9 Å². The summed E-state index contributed by atoms with van der Waals surface area (Å²) in [5, 5.41) is 4.41. The fourth-order valence-corrected chi connectivity index (χ4v) is 2.70. The van der Waals surface area contributed by atoms with E-state index in [-0.39, 0.29) is 5.91 Å². The smallest absolute Gasteiger partial charge is 0.275 e. The number of methoxy groups -OCH3 is 3. The van der Waals surface area contributed by atoms with E-state index in [1.807, 2.05) is 0 Å². The van der Waals surface area contributed by atoms with Crippen molar-refractivity contribution in [3.05, 3.63) is 27.1 Å². The summed E-state index contributed by atoms with van der Waals surface area (Å²) in [6.07, 6.45) is 0. The van der Waals surface area contributed by atoms with Gasteiger partial charge in [-0.3, -0.25) is 4.79 Å². The van der Waals surface area contributed by atoms with Crippen LogP contribution >= 0.6 is 27.3 Å². The third-order valence-electron chi connectivity index (χ3n) is 2.63. The Kier molecular flexibility index (Phi) is 5.03. The zero-order chi connectivity index (χ0) is 15.4. The number of ether oxygens (including phenoxy) is 3. The first-order chi connectivity index (χ1) is 10.1. The fraction of sp³-hybridized carbons (Fsp3) is 0.231. The molecule has 1 heterocycles. The fourth-order valence-electron chi connectivity index (χ4n) is 1.70. The van der Waals surface area contributed by atoms with E-state index in [9.17, 15) is 4.79 Å². The third kappa shape index (κ3) is 3.45. The van der Waals surface area contributed by atoms with Gasteiger partial charge in [0.05, 0.1) is 21.3 Å². The molecule has 0 radical (unpaired) electrons. The van der Waals surface area contributed by atoms with Crippen molar-refractivity contribution >= 4 is 38.9 Å². The number of anilines is 1. The van der Waals surface area contributed by atoms with Crippen LogP contribution in [0.5, 0.6) is 17.2 Å². The van der Waals surface area contributed by atoms with Crippen molar-refractivity contribution in [2.45, 2.75) is 0 Å². The lowest BCUT2D eigenvalue weighted by Gasteiger charge is -2.14. The van der Waals surface area contributed by atoms with Crippen molar-refractivity contribution < 1.29 is 19.0 Å². The first-order valence-electron chi connectivity index (χ1n) is 5.81. The molecule has 0 aliphatic heterocycles. The van der Waals surface area contributed by atoms with Crippen LogP contribution in [0.3, 0.4) is 0 Å².